The smallest absolute Gasteiger partial charge is 0.150 e. The first-order valence-electron chi connectivity index (χ1n) is 6.88. The normalized spacial score (nSPS) is 25.6. The minimum atomic E-state index is -2.78. The molecule has 2 unspecified atom stereocenters. The summed E-state index contributed by atoms with van der Waals surface area (Å²) in [6.45, 7) is 7.10. The molecule has 2 atom stereocenters. The van der Waals surface area contributed by atoms with Gasteiger partial charge in [0.2, 0.25) is 0 Å². The van der Waals surface area contributed by atoms with E-state index in [0.29, 0.717) is 23.6 Å². The summed E-state index contributed by atoms with van der Waals surface area (Å²) in [7, 11) is -2.78. The number of nitrogens with one attached hydrogen (secondary N) is 1. The molecule has 0 heterocycles. The van der Waals surface area contributed by atoms with Crippen molar-refractivity contribution in [2.75, 3.05) is 18.1 Å². The minimum Gasteiger partial charge on any atom is -0.314 e. The molecule has 0 aromatic heterocycles. The molecular formula is C13H27NO2S. The number of hydrogen-bond acceptors (Lipinski definition) is 3. The molecule has 1 aliphatic rings. The highest BCUT2D eigenvalue weighted by Crippen LogP contribution is 2.34. The first-order chi connectivity index (χ1) is 7.94. The van der Waals surface area contributed by atoms with E-state index in [1.807, 2.05) is 0 Å². The van der Waals surface area contributed by atoms with Gasteiger partial charge < -0.3 is 5.32 Å². The summed E-state index contributed by atoms with van der Waals surface area (Å²) >= 11 is 0. The summed E-state index contributed by atoms with van der Waals surface area (Å²) in [6, 6.07) is 0.524. The van der Waals surface area contributed by atoms with E-state index in [2.05, 4.69) is 19.2 Å². The molecule has 0 saturated heterocycles. The molecule has 0 spiro atoms. The molecule has 4 heteroatoms. The molecule has 0 amide bonds. The Balaban J connectivity index is 2.36. The van der Waals surface area contributed by atoms with Crippen molar-refractivity contribution in [2.24, 2.45) is 11.8 Å². The predicted molar refractivity (Wildman–Crippen MR) is 72.9 cm³/mol. The van der Waals surface area contributed by atoms with Crippen LogP contribution in [0.1, 0.15) is 46.5 Å². The monoisotopic (exact) mass is 261 g/mol. The van der Waals surface area contributed by atoms with Gasteiger partial charge in [-0.05, 0) is 31.2 Å². The highest BCUT2D eigenvalue weighted by atomic mass is 32.2. The second-order valence-corrected chi connectivity index (χ2v) is 8.01. The maximum Gasteiger partial charge on any atom is 0.150 e. The van der Waals surface area contributed by atoms with Crippen LogP contribution in [-0.4, -0.2) is 32.5 Å². The molecular weight excluding hydrogens is 234 g/mol. The zero-order chi connectivity index (χ0) is 12.9. The summed E-state index contributed by atoms with van der Waals surface area (Å²) in [5.41, 5.74) is 0. The maximum atomic E-state index is 11.5. The van der Waals surface area contributed by atoms with E-state index >= 15 is 0 Å². The average Bonchev–Trinajstić information content (AvgIpc) is 2.71. The lowest BCUT2D eigenvalue weighted by Gasteiger charge is -2.21. The lowest BCUT2D eigenvalue weighted by Crippen LogP contribution is -2.31. The van der Waals surface area contributed by atoms with E-state index in [1.54, 1.807) is 6.92 Å². The van der Waals surface area contributed by atoms with Gasteiger partial charge in [0.1, 0.15) is 9.84 Å². The molecule has 102 valence electrons. The van der Waals surface area contributed by atoms with Crippen LogP contribution in [0.25, 0.3) is 0 Å². The van der Waals surface area contributed by atoms with Crippen molar-refractivity contribution >= 4 is 9.84 Å². The van der Waals surface area contributed by atoms with Crippen molar-refractivity contribution in [3.05, 3.63) is 0 Å². The van der Waals surface area contributed by atoms with Crippen LogP contribution >= 0.6 is 0 Å². The van der Waals surface area contributed by atoms with Gasteiger partial charge in [0.25, 0.3) is 0 Å². The summed E-state index contributed by atoms with van der Waals surface area (Å²) < 4.78 is 23.0. The fraction of sp³-hybridized carbons (Fsp3) is 1.00. The largest absolute Gasteiger partial charge is 0.314 e. The second-order valence-electron chi connectivity index (χ2n) is 5.54. The average molecular weight is 261 g/mol. The summed E-state index contributed by atoms with van der Waals surface area (Å²) in [5.74, 6) is 1.97. The number of rotatable bonds is 7. The van der Waals surface area contributed by atoms with Crippen molar-refractivity contribution in [1.82, 2.24) is 5.32 Å². The van der Waals surface area contributed by atoms with Crippen molar-refractivity contribution < 1.29 is 8.42 Å². The Labute approximate surface area is 106 Å². The van der Waals surface area contributed by atoms with Gasteiger partial charge >= 0.3 is 0 Å². The SMILES string of the molecule is CCS(=O)(=O)CCC1CCCC1CNC(C)C. The van der Waals surface area contributed by atoms with Crippen molar-refractivity contribution in [2.45, 2.75) is 52.5 Å². The minimum absolute atomic E-state index is 0.286. The van der Waals surface area contributed by atoms with Crippen LogP contribution in [0.3, 0.4) is 0 Å². The first kappa shape index (κ1) is 15.0. The van der Waals surface area contributed by atoms with Gasteiger partial charge in [-0.25, -0.2) is 8.42 Å². The van der Waals surface area contributed by atoms with Gasteiger partial charge in [0.05, 0.1) is 5.75 Å². The van der Waals surface area contributed by atoms with Gasteiger partial charge in [-0.3, -0.25) is 0 Å². The summed E-state index contributed by atoms with van der Waals surface area (Å²) in [6.07, 6.45) is 4.60. The molecule has 0 aromatic rings. The lowest BCUT2D eigenvalue weighted by atomic mass is 9.93. The standard InChI is InChI=1S/C13H27NO2S/c1-4-17(15,16)9-8-12-6-5-7-13(12)10-14-11(2)3/h11-14H,4-10H2,1-3H3. The maximum absolute atomic E-state index is 11.5. The molecule has 1 fully saturated rings. The fourth-order valence-electron chi connectivity index (χ4n) is 2.62. The summed E-state index contributed by atoms with van der Waals surface area (Å²) in [5, 5.41) is 3.48. The second kappa shape index (κ2) is 6.74. The Kier molecular flexibility index (Phi) is 5.93. The Bertz CT molecular complexity index is 311. The van der Waals surface area contributed by atoms with Crippen LogP contribution in [0.2, 0.25) is 0 Å². The van der Waals surface area contributed by atoms with E-state index in [0.717, 1.165) is 13.0 Å². The van der Waals surface area contributed by atoms with Gasteiger partial charge in [-0.1, -0.05) is 33.6 Å². The number of sulfone groups is 1. The first-order valence-corrected chi connectivity index (χ1v) is 8.70. The molecule has 17 heavy (non-hydrogen) atoms. The van der Waals surface area contributed by atoms with Crippen LogP contribution in [0.15, 0.2) is 0 Å². The lowest BCUT2D eigenvalue weighted by molar-refractivity contribution is 0.348. The van der Waals surface area contributed by atoms with Crippen LogP contribution < -0.4 is 5.32 Å². The van der Waals surface area contributed by atoms with E-state index in [9.17, 15) is 8.42 Å². The predicted octanol–water partition coefficient (Wildman–Crippen LogP) is 2.23. The molecule has 0 aliphatic heterocycles. The zero-order valence-corrected chi connectivity index (χ0v) is 12.2. The Morgan fingerprint density at radius 3 is 2.47 bits per heavy atom. The third kappa shape index (κ3) is 5.38. The van der Waals surface area contributed by atoms with Gasteiger partial charge in [0, 0.05) is 11.8 Å². The van der Waals surface area contributed by atoms with Crippen LogP contribution in [0.4, 0.5) is 0 Å². The molecule has 0 aromatic carbocycles. The van der Waals surface area contributed by atoms with E-state index in [4.69, 9.17) is 0 Å². The molecule has 1 N–H and O–H groups in total. The van der Waals surface area contributed by atoms with Crippen LogP contribution in [0, 0.1) is 11.8 Å². The summed E-state index contributed by atoms with van der Waals surface area (Å²) in [4.78, 5) is 0. The van der Waals surface area contributed by atoms with Crippen LogP contribution in [-0.2, 0) is 9.84 Å². The van der Waals surface area contributed by atoms with E-state index in [1.165, 1.54) is 19.3 Å². The number of hydrogen-bond donors (Lipinski definition) is 1. The molecule has 1 rings (SSSR count). The van der Waals surface area contributed by atoms with Gasteiger partial charge in [-0.2, -0.15) is 0 Å². The quantitative estimate of drug-likeness (QED) is 0.764. The zero-order valence-electron chi connectivity index (χ0n) is 11.4. The highest BCUT2D eigenvalue weighted by molar-refractivity contribution is 7.91. The molecule has 1 aliphatic carbocycles. The van der Waals surface area contributed by atoms with E-state index in [-0.39, 0.29) is 5.75 Å². The third-order valence-corrected chi connectivity index (χ3v) is 5.58. The third-order valence-electron chi connectivity index (χ3n) is 3.84. The van der Waals surface area contributed by atoms with E-state index < -0.39 is 9.84 Å². The highest BCUT2D eigenvalue weighted by Gasteiger charge is 2.27. The van der Waals surface area contributed by atoms with Gasteiger partial charge in [-0.15, -0.1) is 0 Å². The van der Waals surface area contributed by atoms with Crippen LogP contribution in [0.5, 0.6) is 0 Å². The molecule has 0 bridgehead atoms. The molecule has 1 saturated carbocycles. The van der Waals surface area contributed by atoms with Crippen molar-refractivity contribution in [3.63, 3.8) is 0 Å². The van der Waals surface area contributed by atoms with Gasteiger partial charge in [0.15, 0.2) is 0 Å². The Hall–Kier alpha value is -0.0900. The Morgan fingerprint density at radius 1 is 1.24 bits per heavy atom. The van der Waals surface area contributed by atoms with Crippen molar-refractivity contribution in [3.8, 4) is 0 Å². The fourth-order valence-corrected chi connectivity index (χ4v) is 3.58. The van der Waals surface area contributed by atoms with Crippen molar-refractivity contribution in [1.29, 1.82) is 0 Å². The Morgan fingerprint density at radius 2 is 1.88 bits per heavy atom. The molecule has 0 radical (unpaired) electrons. The molecule has 3 nitrogen and oxygen atoms in total. The topological polar surface area (TPSA) is 46.2 Å².